The fourth-order valence-corrected chi connectivity index (χ4v) is 1.92. The van der Waals surface area contributed by atoms with E-state index in [0.717, 1.165) is 6.07 Å². The lowest BCUT2D eigenvalue weighted by Crippen LogP contribution is -2.07. The highest BCUT2D eigenvalue weighted by Gasteiger charge is 2.34. The number of H-pyrrole nitrogens is 1. The van der Waals surface area contributed by atoms with Crippen molar-refractivity contribution >= 4 is 15.9 Å². The van der Waals surface area contributed by atoms with Crippen molar-refractivity contribution in [1.29, 1.82) is 0 Å². The molecule has 0 unspecified atom stereocenters. The van der Waals surface area contributed by atoms with Crippen molar-refractivity contribution in [3.05, 3.63) is 40.1 Å². The van der Waals surface area contributed by atoms with Crippen molar-refractivity contribution in [2.45, 2.75) is 12.7 Å². The van der Waals surface area contributed by atoms with E-state index in [1.54, 1.807) is 0 Å². The summed E-state index contributed by atoms with van der Waals surface area (Å²) >= 11 is 3.03. The van der Waals surface area contributed by atoms with Gasteiger partial charge in [-0.25, -0.2) is 4.98 Å². The van der Waals surface area contributed by atoms with Crippen LogP contribution in [0.5, 0.6) is 0 Å². The zero-order valence-electron chi connectivity index (χ0n) is 9.05. The first-order chi connectivity index (χ1) is 8.41. The first-order valence-electron chi connectivity index (χ1n) is 5.03. The van der Waals surface area contributed by atoms with Crippen LogP contribution in [0.3, 0.4) is 0 Å². The smallest absolute Gasteiger partial charge is 0.341 e. The minimum atomic E-state index is -4.44. The zero-order chi connectivity index (χ0) is 13.3. The molecule has 0 aliphatic heterocycles. The molecule has 1 heterocycles. The highest BCUT2D eigenvalue weighted by Crippen LogP contribution is 2.37. The highest BCUT2D eigenvalue weighted by atomic mass is 79.9. The van der Waals surface area contributed by atoms with E-state index in [4.69, 9.17) is 5.73 Å². The van der Waals surface area contributed by atoms with Crippen molar-refractivity contribution in [2.75, 3.05) is 0 Å². The van der Waals surface area contributed by atoms with Gasteiger partial charge in [0.15, 0.2) is 0 Å². The number of nitrogens with one attached hydrogen (secondary N) is 1. The summed E-state index contributed by atoms with van der Waals surface area (Å²) in [4.78, 5) is 6.67. The van der Waals surface area contributed by atoms with Gasteiger partial charge in [-0.05, 0) is 18.2 Å². The van der Waals surface area contributed by atoms with Gasteiger partial charge in [0.2, 0.25) is 0 Å². The lowest BCUT2D eigenvalue weighted by atomic mass is 10.1. The predicted octanol–water partition coefficient (Wildman–Crippen LogP) is 3.32. The Morgan fingerprint density at radius 2 is 2.06 bits per heavy atom. The monoisotopic (exact) mass is 319 g/mol. The van der Waals surface area contributed by atoms with Gasteiger partial charge in [0.1, 0.15) is 5.82 Å². The second-order valence-electron chi connectivity index (χ2n) is 3.65. The quantitative estimate of drug-likeness (QED) is 0.892. The van der Waals surface area contributed by atoms with Gasteiger partial charge < -0.3 is 10.7 Å². The van der Waals surface area contributed by atoms with Gasteiger partial charge in [0, 0.05) is 28.5 Å². The number of nitrogens with zero attached hydrogens (tertiary/aromatic N) is 1. The Bertz CT molecular complexity index is 563. The van der Waals surface area contributed by atoms with Crippen molar-refractivity contribution in [3.8, 4) is 11.4 Å². The molecule has 96 valence electrons. The fraction of sp³-hybridized carbons (Fsp3) is 0.182. The molecule has 2 rings (SSSR count). The maximum atomic E-state index is 12.9. The van der Waals surface area contributed by atoms with Crippen molar-refractivity contribution in [3.63, 3.8) is 0 Å². The molecule has 18 heavy (non-hydrogen) atoms. The van der Waals surface area contributed by atoms with E-state index < -0.39 is 11.7 Å². The van der Waals surface area contributed by atoms with Gasteiger partial charge in [0.25, 0.3) is 0 Å². The second-order valence-corrected chi connectivity index (χ2v) is 4.56. The number of aromatic nitrogens is 2. The van der Waals surface area contributed by atoms with Gasteiger partial charge in [-0.1, -0.05) is 15.9 Å². The molecular formula is C11H9BrF3N3. The van der Waals surface area contributed by atoms with E-state index in [1.165, 1.54) is 18.3 Å². The van der Waals surface area contributed by atoms with Crippen LogP contribution < -0.4 is 5.73 Å². The molecule has 3 nitrogen and oxygen atoms in total. The summed E-state index contributed by atoms with van der Waals surface area (Å²) in [6.07, 6.45) is -3.01. The van der Waals surface area contributed by atoms with Crippen LogP contribution in [0.2, 0.25) is 0 Å². The van der Waals surface area contributed by atoms with E-state index in [0.29, 0.717) is 10.2 Å². The lowest BCUT2D eigenvalue weighted by molar-refractivity contribution is -0.137. The first kappa shape index (κ1) is 13.1. The summed E-state index contributed by atoms with van der Waals surface area (Å²) in [7, 11) is 0. The summed E-state index contributed by atoms with van der Waals surface area (Å²) < 4.78 is 39.1. The Labute approximate surface area is 109 Å². The molecule has 0 aliphatic rings. The highest BCUT2D eigenvalue weighted by molar-refractivity contribution is 9.10. The molecule has 7 heteroatoms. The minimum Gasteiger partial charge on any atom is -0.341 e. The normalized spacial score (nSPS) is 11.8. The molecule has 0 fully saturated rings. The summed E-state index contributed by atoms with van der Waals surface area (Å²) in [6, 6.07) is 3.93. The van der Waals surface area contributed by atoms with Crippen LogP contribution in [-0.2, 0) is 12.7 Å². The average molecular weight is 320 g/mol. The number of hydrogen-bond donors (Lipinski definition) is 2. The molecule has 0 aliphatic carbocycles. The van der Waals surface area contributed by atoms with Gasteiger partial charge >= 0.3 is 6.18 Å². The van der Waals surface area contributed by atoms with Gasteiger partial charge in [-0.15, -0.1) is 0 Å². The first-order valence-corrected chi connectivity index (χ1v) is 5.82. The molecule has 1 aromatic heterocycles. The molecule has 0 saturated heterocycles. The number of halogens is 4. The molecule has 0 amide bonds. The third-order valence-electron chi connectivity index (χ3n) is 2.39. The van der Waals surface area contributed by atoms with Crippen LogP contribution in [0, 0.1) is 0 Å². The average Bonchev–Trinajstić information content (AvgIpc) is 2.76. The largest absolute Gasteiger partial charge is 0.417 e. The number of imidazole rings is 1. The van der Waals surface area contributed by atoms with Crippen LogP contribution in [0.15, 0.2) is 28.9 Å². The van der Waals surface area contributed by atoms with E-state index in [2.05, 4.69) is 25.9 Å². The van der Waals surface area contributed by atoms with Crippen molar-refractivity contribution < 1.29 is 13.2 Å². The SMILES string of the molecule is NCc1cnc(-c2ccc(Br)cc2C(F)(F)F)[nH]1. The Hall–Kier alpha value is -1.34. The Morgan fingerprint density at radius 1 is 1.33 bits per heavy atom. The standard InChI is InChI=1S/C11H9BrF3N3/c12-6-1-2-8(9(3-6)11(13,14)15)10-17-5-7(4-16)18-10/h1-3,5H,4,16H2,(H,17,18). The van der Waals surface area contributed by atoms with E-state index in [1.807, 2.05) is 0 Å². The van der Waals surface area contributed by atoms with Gasteiger partial charge in [-0.3, -0.25) is 0 Å². The van der Waals surface area contributed by atoms with Crippen molar-refractivity contribution in [2.24, 2.45) is 5.73 Å². The van der Waals surface area contributed by atoms with Gasteiger partial charge in [-0.2, -0.15) is 13.2 Å². The predicted molar refractivity (Wildman–Crippen MR) is 64.6 cm³/mol. The third kappa shape index (κ3) is 2.56. The molecular weight excluding hydrogens is 311 g/mol. The van der Waals surface area contributed by atoms with Crippen molar-refractivity contribution in [1.82, 2.24) is 9.97 Å². The number of nitrogens with two attached hydrogens (primary N) is 1. The van der Waals surface area contributed by atoms with Crippen LogP contribution in [-0.4, -0.2) is 9.97 Å². The minimum absolute atomic E-state index is 0.00500. The summed E-state index contributed by atoms with van der Waals surface area (Å²) in [5.74, 6) is 0.162. The maximum Gasteiger partial charge on any atom is 0.417 e. The van der Waals surface area contributed by atoms with E-state index in [9.17, 15) is 13.2 Å². The topological polar surface area (TPSA) is 54.7 Å². The van der Waals surface area contributed by atoms with Crippen LogP contribution >= 0.6 is 15.9 Å². The fourth-order valence-electron chi connectivity index (χ4n) is 1.56. The summed E-state index contributed by atoms with van der Waals surface area (Å²) in [5, 5.41) is 0. The molecule has 1 aromatic carbocycles. The van der Waals surface area contributed by atoms with E-state index >= 15 is 0 Å². The number of hydrogen-bond acceptors (Lipinski definition) is 2. The lowest BCUT2D eigenvalue weighted by Gasteiger charge is -2.11. The van der Waals surface area contributed by atoms with Crippen LogP contribution in [0.25, 0.3) is 11.4 Å². The molecule has 0 saturated carbocycles. The third-order valence-corrected chi connectivity index (χ3v) is 2.88. The zero-order valence-corrected chi connectivity index (χ0v) is 10.6. The molecule has 3 N–H and O–H groups in total. The molecule has 0 bridgehead atoms. The molecule has 0 atom stereocenters. The molecule has 0 radical (unpaired) electrons. The number of aromatic amines is 1. The van der Waals surface area contributed by atoms with Crippen LogP contribution in [0.4, 0.5) is 13.2 Å². The number of alkyl halides is 3. The maximum absolute atomic E-state index is 12.9. The molecule has 0 spiro atoms. The Kier molecular flexibility index (Phi) is 3.45. The second kappa shape index (κ2) is 4.74. The Morgan fingerprint density at radius 3 is 2.61 bits per heavy atom. The number of benzene rings is 1. The number of rotatable bonds is 2. The van der Waals surface area contributed by atoms with Gasteiger partial charge in [0.05, 0.1) is 5.56 Å². The van der Waals surface area contributed by atoms with Crippen LogP contribution in [0.1, 0.15) is 11.3 Å². The van der Waals surface area contributed by atoms with E-state index in [-0.39, 0.29) is 17.9 Å². The summed E-state index contributed by atoms with van der Waals surface area (Å²) in [5.41, 5.74) is 5.24. The summed E-state index contributed by atoms with van der Waals surface area (Å²) in [6.45, 7) is 0.199. The Balaban J connectivity index is 2.56. The molecule has 2 aromatic rings.